The maximum atomic E-state index is 12.2. The third-order valence-corrected chi connectivity index (χ3v) is 1.82. The van der Waals surface area contributed by atoms with E-state index in [1.807, 2.05) is 0 Å². The second-order valence-electron chi connectivity index (χ2n) is 3.02. The average Bonchev–Trinajstić information content (AvgIpc) is 2.74. The van der Waals surface area contributed by atoms with Crippen molar-refractivity contribution in [1.82, 2.24) is 4.90 Å². The van der Waals surface area contributed by atoms with Crippen molar-refractivity contribution < 1.29 is 26.3 Å². The SMILES string of the molecule is C=CC1CN1C(=CC(F)(F)F)C(F)(F)F. The highest BCUT2D eigenvalue weighted by Crippen LogP contribution is 2.38. The number of hydrogen-bond acceptors (Lipinski definition) is 1. The van der Waals surface area contributed by atoms with Crippen LogP contribution in [0.4, 0.5) is 26.3 Å². The molecule has 7 heteroatoms. The van der Waals surface area contributed by atoms with Crippen LogP contribution >= 0.6 is 0 Å². The predicted octanol–water partition coefficient (Wildman–Crippen LogP) is 2.87. The molecule has 0 aromatic heterocycles. The van der Waals surface area contributed by atoms with Gasteiger partial charge in [0.15, 0.2) is 0 Å². The number of rotatable bonds is 2. The Labute approximate surface area is 81.7 Å². The molecule has 0 bridgehead atoms. The van der Waals surface area contributed by atoms with Crippen molar-refractivity contribution in [3.8, 4) is 0 Å². The van der Waals surface area contributed by atoms with Crippen molar-refractivity contribution in [1.29, 1.82) is 0 Å². The van der Waals surface area contributed by atoms with Crippen molar-refractivity contribution in [2.75, 3.05) is 6.54 Å². The summed E-state index contributed by atoms with van der Waals surface area (Å²) in [6.07, 6.45) is -9.51. The largest absolute Gasteiger partial charge is 0.431 e. The van der Waals surface area contributed by atoms with Crippen LogP contribution in [0.3, 0.4) is 0 Å². The summed E-state index contributed by atoms with van der Waals surface area (Å²) >= 11 is 0. The van der Waals surface area contributed by atoms with Crippen LogP contribution in [0.25, 0.3) is 0 Å². The molecule has 1 aliphatic heterocycles. The summed E-state index contributed by atoms with van der Waals surface area (Å²) in [5.74, 6) is 0. The zero-order chi connectivity index (χ0) is 11.9. The summed E-state index contributed by atoms with van der Waals surface area (Å²) in [4.78, 5) is 0.598. The molecule has 1 aliphatic rings. The molecule has 1 rings (SSSR count). The minimum Gasteiger partial charge on any atom is -0.357 e. The Bertz CT molecular complexity index is 286. The van der Waals surface area contributed by atoms with Crippen molar-refractivity contribution in [2.24, 2.45) is 0 Å². The van der Waals surface area contributed by atoms with Gasteiger partial charge in [0.05, 0.1) is 6.04 Å². The quantitative estimate of drug-likeness (QED) is 0.401. The van der Waals surface area contributed by atoms with Gasteiger partial charge < -0.3 is 4.90 Å². The fraction of sp³-hybridized carbons (Fsp3) is 0.500. The van der Waals surface area contributed by atoms with E-state index in [2.05, 4.69) is 6.58 Å². The summed E-state index contributed by atoms with van der Waals surface area (Å²) < 4.78 is 72.1. The van der Waals surface area contributed by atoms with E-state index in [0.717, 1.165) is 0 Å². The van der Waals surface area contributed by atoms with E-state index in [4.69, 9.17) is 0 Å². The normalized spacial score (nSPS) is 22.9. The van der Waals surface area contributed by atoms with Crippen LogP contribution in [-0.2, 0) is 0 Å². The molecule has 0 N–H and O–H groups in total. The first kappa shape index (κ1) is 11.9. The van der Waals surface area contributed by atoms with Gasteiger partial charge >= 0.3 is 12.4 Å². The lowest BCUT2D eigenvalue weighted by Crippen LogP contribution is -2.22. The van der Waals surface area contributed by atoms with Crippen LogP contribution in [-0.4, -0.2) is 29.8 Å². The molecule has 0 spiro atoms. The number of alkyl halides is 6. The maximum Gasteiger partial charge on any atom is 0.431 e. The van der Waals surface area contributed by atoms with Gasteiger partial charge in [-0.15, -0.1) is 6.58 Å². The second kappa shape index (κ2) is 3.46. The molecule has 0 aromatic rings. The molecule has 1 heterocycles. The van der Waals surface area contributed by atoms with Crippen molar-refractivity contribution in [3.05, 3.63) is 24.4 Å². The molecule has 1 unspecified atom stereocenters. The second-order valence-corrected chi connectivity index (χ2v) is 3.02. The molecule has 0 saturated carbocycles. The van der Waals surface area contributed by atoms with Crippen LogP contribution in [0.15, 0.2) is 24.4 Å². The predicted molar refractivity (Wildman–Crippen MR) is 40.9 cm³/mol. The Morgan fingerprint density at radius 1 is 1.20 bits per heavy atom. The molecule has 0 amide bonds. The standard InChI is InChI=1S/C8H7F6N/c1-2-5-4-15(5)6(8(12,13)14)3-7(9,10)11/h2-3,5H,1,4H2. The zero-order valence-electron chi connectivity index (χ0n) is 7.36. The molecular weight excluding hydrogens is 224 g/mol. The fourth-order valence-corrected chi connectivity index (χ4v) is 1.12. The summed E-state index contributed by atoms with van der Waals surface area (Å²) in [5.41, 5.74) is -1.67. The molecule has 1 fully saturated rings. The third-order valence-electron chi connectivity index (χ3n) is 1.82. The zero-order valence-corrected chi connectivity index (χ0v) is 7.36. The van der Waals surface area contributed by atoms with Crippen molar-refractivity contribution in [2.45, 2.75) is 18.4 Å². The number of allylic oxidation sites excluding steroid dienone is 2. The van der Waals surface area contributed by atoms with E-state index in [1.54, 1.807) is 0 Å². The molecule has 1 saturated heterocycles. The minimum atomic E-state index is -4.99. The Kier molecular flexibility index (Phi) is 2.75. The van der Waals surface area contributed by atoms with Crippen LogP contribution < -0.4 is 0 Å². The first-order valence-corrected chi connectivity index (χ1v) is 3.91. The number of nitrogens with zero attached hydrogens (tertiary/aromatic N) is 1. The maximum absolute atomic E-state index is 12.2. The average molecular weight is 231 g/mol. The van der Waals surface area contributed by atoms with Crippen molar-refractivity contribution in [3.63, 3.8) is 0 Å². The molecule has 15 heavy (non-hydrogen) atoms. The molecule has 1 nitrogen and oxygen atoms in total. The highest BCUT2D eigenvalue weighted by atomic mass is 19.4. The van der Waals surface area contributed by atoms with Crippen LogP contribution in [0.2, 0.25) is 0 Å². The van der Waals surface area contributed by atoms with Crippen LogP contribution in [0, 0.1) is 0 Å². The van der Waals surface area contributed by atoms with Gasteiger partial charge in [-0.05, 0) is 0 Å². The lowest BCUT2D eigenvalue weighted by atomic mass is 10.3. The fourth-order valence-electron chi connectivity index (χ4n) is 1.12. The van der Waals surface area contributed by atoms with Gasteiger partial charge in [-0.1, -0.05) is 6.08 Å². The topological polar surface area (TPSA) is 3.01 Å². The number of halogens is 6. The van der Waals surface area contributed by atoms with Gasteiger partial charge in [0, 0.05) is 12.6 Å². The number of hydrogen-bond donors (Lipinski definition) is 0. The smallest absolute Gasteiger partial charge is 0.357 e. The minimum absolute atomic E-state index is 0.0784. The van der Waals surface area contributed by atoms with Crippen molar-refractivity contribution >= 4 is 0 Å². The Morgan fingerprint density at radius 2 is 1.73 bits per heavy atom. The van der Waals surface area contributed by atoms with Gasteiger partial charge in [-0.25, -0.2) is 0 Å². The highest BCUT2D eigenvalue weighted by Gasteiger charge is 2.48. The van der Waals surface area contributed by atoms with E-state index in [0.29, 0.717) is 4.90 Å². The summed E-state index contributed by atoms with van der Waals surface area (Å²) in [6, 6.07) is -0.653. The first-order valence-electron chi connectivity index (χ1n) is 3.91. The van der Waals surface area contributed by atoms with E-state index >= 15 is 0 Å². The third kappa shape index (κ3) is 3.17. The van der Waals surface area contributed by atoms with E-state index in [1.165, 1.54) is 6.08 Å². The summed E-state index contributed by atoms with van der Waals surface area (Å²) in [5, 5.41) is 0. The van der Waals surface area contributed by atoms with E-state index in [-0.39, 0.29) is 6.54 Å². The van der Waals surface area contributed by atoms with Gasteiger partial charge in [-0.3, -0.25) is 0 Å². The molecule has 86 valence electrons. The monoisotopic (exact) mass is 231 g/mol. The van der Waals surface area contributed by atoms with Crippen LogP contribution in [0.5, 0.6) is 0 Å². The molecule has 0 radical (unpaired) electrons. The molecular formula is C8H7F6N. The van der Waals surface area contributed by atoms with E-state index in [9.17, 15) is 26.3 Å². The Hall–Kier alpha value is -1.14. The highest BCUT2D eigenvalue weighted by molar-refractivity contribution is 5.21. The summed E-state index contributed by atoms with van der Waals surface area (Å²) in [6.45, 7) is 3.14. The van der Waals surface area contributed by atoms with E-state index < -0.39 is 30.2 Å². The lowest BCUT2D eigenvalue weighted by molar-refractivity contribution is -0.117. The first-order chi connectivity index (χ1) is 6.65. The van der Waals surface area contributed by atoms with Gasteiger partial charge in [-0.2, -0.15) is 26.3 Å². The lowest BCUT2D eigenvalue weighted by Gasteiger charge is -2.14. The molecule has 1 atom stereocenters. The molecule has 0 aromatic carbocycles. The van der Waals surface area contributed by atoms with Crippen LogP contribution in [0.1, 0.15) is 0 Å². The van der Waals surface area contributed by atoms with Gasteiger partial charge in [0.1, 0.15) is 5.70 Å². The van der Waals surface area contributed by atoms with Gasteiger partial charge in [0.2, 0.25) is 0 Å². The Morgan fingerprint density at radius 3 is 2.00 bits per heavy atom. The Balaban J connectivity index is 2.91. The molecule has 0 aliphatic carbocycles. The summed E-state index contributed by atoms with van der Waals surface area (Å²) in [7, 11) is 0. The van der Waals surface area contributed by atoms with Gasteiger partial charge in [0.25, 0.3) is 0 Å².